The Balaban J connectivity index is 1.87. The number of carbonyl (C=O) groups excluding carboxylic acids is 2. The first-order valence-corrected chi connectivity index (χ1v) is 8.44. The van der Waals surface area contributed by atoms with Gasteiger partial charge in [0.2, 0.25) is 11.8 Å². The fourth-order valence-corrected chi connectivity index (χ4v) is 3.05. The second-order valence-electron chi connectivity index (χ2n) is 6.25. The molecule has 2 N–H and O–H groups in total. The van der Waals surface area contributed by atoms with Gasteiger partial charge in [-0.3, -0.25) is 9.59 Å². The summed E-state index contributed by atoms with van der Waals surface area (Å²) < 4.78 is 5.26. The summed E-state index contributed by atoms with van der Waals surface area (Å²) >= 11 is 0. The Morgan fingerprint density at radius 1 is 1.29 bits per heavy atom. The molecule has 1 unspecified atom stereocenters. The normalized spacial score (nSPS) is 16.5. The van der Waals surface area contributed by atoms with E-state index in [-0.39, 0.29) is 23.7 Å². The summed E-state index contributed by atoms with van der Waals surface area (Å²) in [5.74, 6) is 0.703. The van der Waals surface area contributed by atoms with Crippen LogP contribution in [0, 0.1) is 11.8 Å². The van der Waals surface area contributed by atoms with Crippen molar-refractivity contribution >= 4 is 17.5 Å². The minimum Gasteiger partial charge on any atom is -0.495 e. The Morgan fingerprint density at radius 2 is 1.96 bits per heavy atom. The van der Waals surface area contributed by atoms with E-state index in [4.69, 9.17) is 4.74 Å². The largest absolute Gasteiger partial charge is 0.495 e. The van der Waals surface area contributed by atoms with Crippen molar-refractivity contribution in [2.45, 2.75) is 19.8 Å². The van der Waals surface area contributed by atoms with Crippen molar-refractivity contribution in [3.8, 4) is 5.75 Å². The van der Waals surface area contributed by atoms with Crippen LogP contribution in [-0.2, 0) is 9.59 Å². The number of hydrogen-bond acceptors (Lipinski definition) is 4. The number of piperidine rings is 1. The number of likely N-dealkylation sites (tertiary alicyclic amines) is 1. The lowest BCUT2D eigenvalue weighted by atomic mass is 9.95. The molecule has 6 nitrogen and oxygen atoms in total. The number of para-hydroxylation sites is 2. The van der Waals surface area contributed by atoms with Gasteiger partial charge in [0.1, 0.15) is 5.75 Å². The van der Waals surface area contributed by atoms with Crippen molar-refractivity contribution < 1.29 is 14.3 Å². The van der Waals surface area contributed by atoms with Crippen LogP contribution in [0.25, 0.3) is 0 Å². The molecule has 1 aromatic carbocycles. The van der Waals surface area contributed by atoms with Crippen LogP contribution >= 0.6 is 0 Å². The van der Waals surface area contributed by atoms with Crippen molar-refractivity contribution in [1.29, 1.82) is 0 Å². The monoisotopic (exact) mass is 333 g/mol. The highest BCUT2D eigenvalue weighted by Crippen LogP contribution is 2.26. The van der Waals surface area contributed by atoms with E-state index in [0.717, 1.165) is 0 Å². The van der Waals surface area contributed by atoms with Gasteiger partial charge >= 0.3 is 0 Å². The highest BCUT2D eigenvalue weighted by atomic mass is 16.5. The molecule has 132 valence electrons. The number of benzene rings is 1. The van der Waals surface area contributed by atoms with E-state index >= 15 is 0 Å². The molecule has 1 aromatic rings. The summed E-state index contributed by atoms with van der Waals surface area (Å²) in [7, 11) is 3.43. The van der Waals surface area contributed by atoms with Gasteiger partial charge < -0.3 is 20.3 Å². The number of nitrogens with zero attached hydrogens (tertiary/aromatic N) is 1. The first-order valence-electron chi connectivity index (χ1n) is 8.44. The van der Waals surface area contributed by atoms with E-state index in [2.05, 4.69) is 10.6 Å². The fourth-order valence-electron chi connectivity index (χ4n) is 3.05. The summed E-state index contributed by atoms with van der Waals surface area (Å²) in [4.78, 5) is 26.6. The quantitative estimate of drug-likeness (QED) is 0.832. The number of ether oxygens (including phenoxy) is 1. The molecular weight excluding hydrogens is 306 g/mol. The van der Waals surface area contributed by atoms with E-state index in [1.54, 1.807) is 7.11 Å². The molecule has 1 saturated heterocycles. The minimum atomic E-state index is -0.0708. The summed E-state index contributed by atoms with van der Waals surface area (Å²) in [5.41, 5.74) is 0.686. The third-order valence-corrected chi connectivity index (χ3v) is 4.47. The van der Waals surface area contributed by atoms with Gasteiger partial charge in [-0.15, -0.1) is 0 Å². The molecule has 1 aliphatic heterocycles. The highest BCUT2D eigenvalue weighted by Gasteiger charge is 2.29. The number of amides is 2. The Bertz CT molecular complexity index is 568. The summed E-state index contributed by atoms with van der Waals surface area (Å²) in [6.45, 7) is 3.88. The number of nitrogens with one attached hydrogen (secondary N) is 2. The lowest BCUT2D eigenvalue weighted by Gasteiger charge is -2.33. The zero-order valence-electron chi connectivity index (χ0n) is 14.7. The molecule has 24 heavy (non-hydrogen) atoms. The third-order valence-electron chi connectivity index (χ3n) is 4.47. The van der Waals surface area contributed by atoms with Gasteiger partial charge in [-0.1, -0.05) is 19.1 Å². The van der Waals surface area contributed by atoms with E-state index in [1.807, 2.05) is 43.1 Å². The van der Waals surface area contributed by atoms with Crippen molar-refractivity contribution in [2.75, 3.05) is 39.1 Å². The topological polar surface area (TPSA) is 70.7 Å². The Kier molecular flexibility index (Phi) is 6.61. The van der Waals surface area contributed by atoms with E-state index in [1.165, 1.54) is 0 Å². The number of rotatable bonds is 6. The second kappa shape index (κ2) is 8.68. The van der Waals surface area contributed by atoms with Gasteiger partial charge in [-0.25, -0.2) is 0 Å². The molecule has 0 bridgehead atoms. The van der Waals surface area contributed by atoms with Gasteiger partial charge in [0.25, 0.3) is 0 Å². The number of carbonyl (C=O) groups is 2. The molecule has 0 radical (unpaired) electrons. The SMILES string of the molecule is CNCC(C)C(=O)N1CCC(C(=O)Nc2ccccc2OC)CC1. The average Bonchev–Trinajstić information content (AvgIpc) is 2.61. The van der Waals surface area contributed by atoms with Gasteiger partial charge in [-0.2, -0.15) is 0 Å². The molecule has 1 fully saturated rings. The van der Waals surface area contributed by atoms with Crippen LogP contribution in [-0.4, -0.2) is 50.5 Å². The molecule has 1 aliphatic rings. The van der Waals surface area contributed by atoms with Crippen molar-refractivity contribution in [3.63, 3.8) is 0 Å². The predicted octanol–water partition coefficient (Wildman–Crippen LogP) is 1.73. The summed E-state index contributed by atoms with van der Waals surface area (Å²) in [6, 6.07) is 7.38. The molecule has 0 spiro atoms. The van der Waals surface area contributed by atoms with Gasteiger partial charge in [-0.05, 0) is 32.0 Å². The Morgan fingerprint density at radius 3 is 2.58 bits per heavy atom. The van der Waals surface area contributed by atoms with E-state index in [0.29, 0.717) is 43.9 Å². The van der Waals surface area contributed by atoms with Crippen LogP contribution in [0.1, 0.15) is 19.8 Å². The third kappa shape index (κ3) is 4.47. The number of methoxy groups -OCH3 is 1. The van der Waals surface area contributed by atoms with Gasteiger partial charge in [0, 0.05) is 31.5 Å². The number of hydrogen-bond donors (Lipinski definition) is 2. The molecule has 0 aliphatic carbocycles. The van der Waals surface area contributed by atoms with Crippen molar-refractivity contribution in [1.82, 2.24) is 10.2 Å². The van der Waals surface area contributed by atoms with Crippen molar-refractivity contribution in [2.24, 2.45) is 11.8 Å². The minimum absolute atomic E-state index is 0.00475. The maximum Gasteiger partial charge on any atom is 0.227 e. The van der Waals surface area contributed by atoms with Crippen LogP contribution in [0.4, 0.5) is 5.69 Å². The van der Waals surface area contributed by atoms with Crippen LogP contribution in [0.2, 0.25) is 0 Å². The smallest absolute Gasteiger partial charge is 0.227 e. The summed E-state index contributed by atoms with van der Waals surface area (Å²) in [6.07, 6.45) is 1.39. The molecule has 2 rings (SSSR count). The molecule has 1 heterocycles. The standard InChI is InChI=1S/C18H27N3O3/c1-13(12-19-2)18(23)21-10-8-14(9-11-21)17(22)20-15-6-4-5-7-16(15)24-3/h4-7,13-14,19H,8-12H2,1-3H3,(H,20,22). The van der Waals surface area contributed by atoms with Crippen LogP contribution in [0.3, 0.4) is 0 Å². The first kappa shape index (κ1) is 18.3. The Labute approximate surface area is 143 Å². The molecule has 6 heteroatoms. The van der Waals surface area contributed by atoms with Gasteiger partial charge in [0.05, 0.1) is 12.8 Å². The fraction of sp³-hybridized carbons (Fsp3) is 0.556. The molecule has 0 aromatic heterocycles. The average molecular weight is 333 g/mol. The Hall–Kier alpha value is -2.08. The van der Waals surface area contributed by atoms with Crippen LogP contribution in [0.5, 0.6) is 5.75 Å². The summed E-state index contributed by atoms with van der Waals surface area (Å²) in [5, 5.41) is 5.97. The molecule has 1 atom stereocenters. The lowest BCUT2D eigenvalue weighted by molar-refractivity contribution is -0.137. The van der Waals surface area contributed by atoms with Gasteiger partial charge in [0.15, 0.2) is 0 Å². The zero-order chi connectivity index (χ0) is 17.5. The molecule has 2 amide bonds. The van der Waals surface area contributed by atoms with E-state index in [9.17, 15) is 9.59 Å². The zero-order valence-corrected chi connectivity index (χ0v) is 14.7. The first-order chi connectivity index (χ1) is 11.6. The van der Waals surface area contributed by atoms with Crippen LogP contribution < -0.4 is 15.4 Å². The second-order valence-corrected chi connectivity index (χ2v) is 6.25. The lowest BCUT2D eigenvalue weighted by Crippen LogP contribution is -2.45. The van der Waals surface area contributed by atoms with E-state index < -0.39 is 0 Å². The highest BCUT2D eigenvalue weighted by molar-refractivity contribution is 5.94. The van der Waals surface area contributed by atoms with Crippen LogP contribution in [0.15, 0.2) is 24.3 Å². The van der Waals surface area contributed by atoms with Crippen molar-refractivity contribution in [3.05, 3.63) is 24.3 Å². The maximum atomic E-state index is 12.5. The molecular formula is C18H27N3O3. The molecule has 0 saturated carbocycles. The number of anilines is 1. The maximum absolute atomic E-state index is 12.5. The predicted molar refractivity (Wildman–Crippen MR) is 94.0 cm³/mol.